The molecule has 0 aromatic heterocycles. The van der Waals surface area contributed by atoms with Gasteiger partial charge in [-0.25, -0.2) is 0 Å². The lowest BCUT2D eigenvalue weighted by molar-refractivity contribution is 0.00578. The molecule has 0 spiro atoms. The summed E-state index contributed by atoms with van der Waals surface area (Å²) in [6.07, 6.45) is 0. The van der Waals surface area contributed by atoms with Crippen LogP contribution in [0.25, 0.3) is 0 Å². The van der Waals surface area contributed by atoms with Crippen LogP contribution >= 0.6 is 0 Å². The summed E-state index contributed by atoms with van der Waals surface area (Å²) < 4.78 is 17.6. The van der Waals surface area contributed by atoms with Gasteiger partial charge < -0.3 is 14.0 Å². The Hall–Kier alpha value is -1.33. The molecule has 114 valence electrons. The minimum absolute atomic E-state index is 0.0149. The summed E-state index contributed by atoms with van der Waals surface area (Å²) in [6, 6.07) is 5.47. The number of hydrogen-bond donors (Lipinski definition) is 0. The van der Waals surface area contributed by atoms with Gasteiger partial charge in [0, 0.05) is 0 Å². The van der Waals surface area contributed by atoms with Gasteiger partial charge >= 0.3 is 7.12 Å². The number of ether oxygens (including phenoxy) is 1. The average molecular weight is 290 g/mol. The fourth-order valence-electron chi connectivity index (χ4n) is 2.23. The van der Waals surface area contributed by atoms with Crippen LogP contribution in [0.4, 0.5) is 0 Å². The normalized spacial score (nSPS) is 19.6. The fraction of sp³-hybridized carbons (Fsp3) is 0.562. The first-order valence-corrected chi connectivity index (χ1v) is 7.31. The molecule has 5 heteroatoms. The van der Waals surface area contributed by atoms with Crippen molar-refractivity contribution < 1.29 is 18.8 Å². The van der Waals surface area contributed by atoms with E-state index in [1.807, 2.05) is 46.8 Å². The smallest absolute Gasteiger partial charge is 0.493 e. The molecule has 0 radical (unpaired) electrons. The lowest BCUT2D eigenvalue weighted by atomic mass is 9.78. The maximum atomic E-state index is 11.6. The van der Waals surface area contributed by atoms with Crippen LogP contribution in [0, 0.1) is 0 Å². The van der Waals surface area contributed by atoms with Gasteiger partial charge in [-0.1, -0.05) is 6.07 Å². The van der Waals surface area contributed by atoms with Crippen molar-refractivity contribution in [2.75, 3.05) is 6.61 Å². The Balaban J connectivity index is 2.34. The molecular weight excluding hydrogens is 267 g/mol. The molecule has 1 heterocycles. The van der Waals surface area contributed by atoms with Crippen molar-refractivity contribution >= 4 is 18.4 Å². The second-order valence-electron chi connectivity index (χ2n) is 6.33. The second kappa shape index (κ2) is 5.46. The van der Waals surface area contributed by atoms with E-state index in [9.17, 15) is 4.79 Å². The zero-order chi connectivity index (χ0) is 15.8. The standard InChI is InChI=1S/C16H23BO4/c1-7-19-14-10-12(8-9-13(14)11(2)18)17-20-15(3,4)16(5,6)21-17/h8-10H,7H2,1-6H3. The van der Waals surface area contributed by atoms with E-state index in [0.717, 1.165) is 5.46 Å². The molecule has 0 N–H and O–H groups in total. The molecule has 1 saturated heterocycles. The highest BCUT2D eigenvalue weighted by Crippen LogP contribution is 2.36. The van der Waals surface area contributed by atoms with E-state index in [-0.39, 0.29) is 17.0 Å². The van der Waals surface area contributed by atoms with Crippen molar-refractivity contribution in [3.63, 3.8) is 0 Å². The lowest BCUT2D eigenvalue weighted by Crippen LogP contribution is -2.41. The van der Waals surface area contributed by atoms with Gasteiger partial charge in [0.2, 0.25) is 0 Å². The molecule has 1 aliphatic rings. The molecule has 0 saturated carbocycles. The highest BCUT2D eigenvalue weighted by molar-refractivity contribution is 6.62. The second-order valence-corrected chi connectivity index (χ2v) is 6.33. The van der Waals surface area contributed by atoms with Gasteiger partial charge in [-0.3, -0.25) is 4.79 Å². The molecule has 4 nitrogen and oxygen atoms in total. The number of rotatable bonds is 4. The quantitative estimate of drug-likeness (QED) is 0.631. The van der Waals surface area contributed by atoms with E-state index in [2.05, 4.69) is 0 Å². The first kappa shape index (κ1) is 16.1. The fourth-order valence-corrected chi connectivity index (χ4v) is 2.23. The highest BCUT2D eigenvalue weighted by atomic mass is 16.7. The van der Waals surface area contributed by atoms with Gasteiger partial charge in [0.1, 0.15) is 5.75 Å². The van der Waals surface area contributed by atoms with Crippen LogP contribution in [-0.4, -0.2) is 30.7 Å². The monoisotopic (exact) mass is 290 g/mol. The van der Waals surface area contributed by atoms with Gasteiger partial charge in [0.15, 0.2) is 5.78 Å². The SMILES string of the molecule is CCOc1cc(B2OC(C)(C)C(C)(C)O2)ccc1C(C)=O. The molecule has 0 unspecified atom stereocenters. The zero-order valence-electron chi connectivity index (χ0n) is 13.6. The summed E-state index contributed by atoms with van der Waals surface area (Å²) in [6.45, 7) is 12.0. The van der Waals surface area contributed by atoms with Crippen molar-refractivity contribution in [3.8, 4) is 5.75 Å². The van der Waals surface area contributed by atoms with E-state index in [1.54, 1.807) is 6.07 Å². The van der Waals surface area contributed by atoms with Crippen LogP contribution in [0.5, 0.6) is 5.75 Å². The minimum atomic E-state index is -0.449. The van der Waals surface area contributed by atoms with E-state index >= 15 is 0 Å². The van der Waals surface area contributed by atoms with Crippen molar-refractivity contribution in [2.24, 2.45) is 0 Å². The van der Waals surface area contributed by atoms with Crippen molar-refractivity contribution in [1.82, 2.24) is 0 Å². The predicted molar refractivity (Wildman–Crippen MR) is 83.3 cm³/mol. The Bertz CT molecular complexity index is 535. The molecule has 1 aromatic carbocycles. The number of benzene rings is 1. The molecule has 0 atom stereocenters. The van der Waals surface area contributed by atoms with E-state index in [4.69, 9.17) is 14.0 Å². The third-order valence-electron chi connectivity index (χ3n) is 4.21. The summed E-state index contributed by atoms with van der Waals surface area (Å²) in [5.74, 6) is 0.566. The molecular formula is C16H23BO4. The van der Waals surface area contributed by atoms with Crippen LogP contribution in [-0.2, 0) is 9.31 Å². The first-order valence-electron chi connectivity index (χ1n) is 7.31. The maximum Gasteiger partial charge on any atom is 0.494 e. The van der Waals surface area contributed by atoms with E-state index < -0.39 is 7.12 Å². The number of carbonyl (C=O) groups excluding carboxylic acids is 1. The Morgan fingerprint density at radius 2 is 1.76 bits per heavy atom. The molecule has 1 aromatic rings. The zero-order valence-corrected chi connectivity index (χ0v) is 13.6. The third kappa shape index (κ3) is 2.99. The molecule has 1 fully saturated rings. The number of carbonyl (C=O) groups is 1. The lowest BCUT2D eigenvalue weighted by Gasteiger charge is -2.32. The Labute approximate surface area is 126 Å². The maximum absolute atomic E-state index is 11.6. The van der Waals surface area contributed by atoms with Gasteiger partial charge in [-0.05, 0) is 59.1 Å². The number of Topliss-reactive ketones (excluding diaryl/α,β-unsaturated/α-hetero) is 1. The van der Waals surface area contributed by atoms with Crippen molar-refractivity contribution in [2.45, 2.75) is 52.7 Å². The van der Waals surface area contributed by atoms with Crippen LogP contribution in [0.3, 0.4) is 0 Å². The van der Waals surface area contributed by atoms with Crippen LogP contribution in [0.2, 0.25) is 0 Å². The molecule has 21 heavy (non-hydrogen) atoms. The highest BCUT2D eigenvalue weighted by Gasteiger charge is 2.51. The van der Waals surface area contributed by atoms with Crippen molar-refractivity contribution in [3.05, 3.63) is 23.8 Å². The Morgan fingerprint density at radius 1 is 1.19 bits per heavy atom. The van der Waals surface area contributed by atoms with Gasteiger partial charge in [0.05, 0.1) is 23.4 Å². The molecule has 2 rings (SSSR count). The molecule has 1 aliphatic heterocycles. The minimum Gasteiger partial charge on any atom is -0.493 e. The molecule has 0 bridgehead atoms. The topological polar surface area (TPSA) is 44.8 Å². The van der Waals surface area contributed by atoms with Crippen LogP contribution < -0.4 is 10.2 Å². The average Bonchev–Trinajstić information content (AvgIpc) is 2.58. The third-order valence-corrected chi connectivity index (χ3v) is 4.21. The summed E-state index contributed by atoms with van der Waals surface area (Å²) in [5.41, 5.74) is 0.671. The Morgan fingerprint density at radius 3 is 2.24 bits per heavy atom. The van der Waals surface area contributed by atoms with Crippen LogP contribution in [0.15, 0.2) is 18.2 Å². The summed E-state index contributed by atoms with van der Waals surface area (Å²) in [4.78, 5) is 11.6. The van der Waals surface area contributed by atoms with Gasteiger partial charge in [0.25, 0.3) is 0 Å². The number of hydrogen-bond acceptors (Lipinski definition) is 4. The molecule has 0 aliphatic carbocycles. The summed E-state index contributed by atoms with van der Waals surface area (Å²) in [7, 11) is -0.449. The predicted octanol–water partition coefficient (Wildman–Crippen LogP) is 2.59. The number of ketones is 1. The summed E-state index contributed by atoms with van der Waals surface area (Å²) >= 11 is 0. The largest absolute Gasteiger partial charge is 0.494 e. The molecule has 0 amide bonds. The van der Waals surface area contributed by atoms with Gasteiger partial charge in [-0.2, -0.15) is 0 Å². The van der Waals surface area contributed by atoms with Gasteiger partial charge in [-0.15, -0.1) is 0 Å². The van der Waals surface area contributed by atoms with E-state index in [1.165, 1.54) is 6.92 Å². The van der Waals surface area contributed by atoms with E-state index in [0.29, 0.717) is 17.9 Å². The van der Waals surface area contributed by atoms with Crippen molar-refractivity contribution in [1.29, 1.82) is 0 Å². The Kier molecular flexibility index (Phi) is 4.18. The first-order chi connectivity index (χ1) is 9.68. The van der Waals surface area contributed by atoms with Crippen LogP contribution in [0.1, 0.15) is 51.9 Å². The summed E-state index contributed by atoms with van der Waals surface area (Å²) in [5, 5.41) is 0.